The van der Waals surface area contributed by atoms with E-state index in [4.69, 9.17) is 4.42 Å². The van der Waals surface area contributed by atoms with E-state index in [2.05, 4.69) is 11.4 Å². The molecule has 1 aliphatic rings. The molecule has 0 radical (unpaired) electrons. The molecule has 1 atom stereocenters. The van der Waals surface area contributed by atoms with Gasteiger partial charge >= 0.3 is 0 Å². The molecule has 3 heteroatoms. The summed E-state index contributed by atoms with van der Waals surface area (Å²) in [5.74, 6) is 0.655. The molecule has 1 aromatic carbocycles. The summed E-state index contributed by atoms with van der Waals surface area (Å²) in [5.41, 5.74) is 3.67. The molecule has 0 spiro atoms. The maximum atomic E-state index is 9.37. The van der Waals surface area contributed by atoms with Gasteiger partial charge in [-0.3, -0.25) is 0 Å². The number of nitrogens with one attached hydrogen (secondary N) is 1. The van der Waals surface area contributed by atoms with Gasteiger partial charge in [0, 0.05) is 11.4 Å². The van der Waals surface area contributed by atoms with Crippen molar-refractivity contribution in [3.05, 3.63) is 77.4 Å². The Labute approximate surface area is 117 Å². The van der Waals surface area contributed by atoms with Crippen LogP contribution in [0.5, 0.6) is 0 Å². The average Bonchev–Trinajstić information content (AvgIpc) is 3.01. The standard InChI is InChI=1S/C17H14N2O/c1-12-15(11-18)14(17-8-5-9-20-17)10-16(19-12)13-6-3-2-4-7-13/h2-10,14,19H,1H3. The fourth-order valence-electron chi connectivity index (χ4n) is 2.43. The van der Waals surface area contributed by atoms with Crippen molar-refractivity contribution >= 4 is 5.70 Å². The highest BCUT2D eigenvalue weighted by atomic mass is 16.3. The lowest BCUT2D eigenvalue weighted by Crippen LogP contribution is -2.19. The zero-order valence-electron chi connectivity index (χ0n) is 11.1. The van der Waals surface area contributed by atoms with Gasteiger partial charge in [-0.15, -0.1) is 0 Å². The number of benzene rings is 1. The predicted molar refractivity (Wildman–Crippen MR) is 77.3 cm³/mol. The molecule has 98 valence electrons. The first kappa shape index (κ1) is 12.3. The van der Waals surface area contributed by atoms with E-state index in [-0.39, 0.29) is 5.92 Å². The SMILES string of the molecule is CC1=C(C#N)C(c2ccco2)C=C(c2ccccc2)N1. The van der Waals surface area contributed by atoms with Gasteiger partial charge in [-0.25, -0.2) is 0 Å². The van der Waals surface area contributed by atoms with Gasteiger partial charge < -0.3 is 9.73 Å². The second-order valence-corrected chi connectivity index (χ2v) is 4.71. The largest absolute Gasteiger partial charge is 0.468 e. The minimum Gasteiger partial charge on any atom is -0.468 e. The van der Waals surface area contributed by atoms with Crippen LogP contribution < -0.4 is 5.32 Å². The molecule has 1 aliphatic heterocycles. The zero-order chi connectivity index (χ0) is 13.9. The number of furan rings is 1. The molecule has 1 unspecified atom stereocenters. The molecule has 2 aromatic rings. The normalized spacial score (nSPS) is 18.2. The smallest absolute Gasteiger partial charge is 0.115 e. The topological polar surface area (TPSA) is 49.0 Å². The van der Waals surface area contributed by atoms with Crippen LogP contribution in [0, 0.1) is 11.3 Å². The Morgan fingerprint density at radius 1 is 1.15 bits per heavy atom. The number of dihydropyridines is 1. The van der Waals surface area contributed by atoms with Crippen molar-refractivity contribution < 1.29 is 4.42 Å². The second kappa shape index (κ2) is 5.10. The van der Waals surface area contributed by atoms with Crippen molar-refractivity contribution in [1.29, 1.82) is 5.26 Å². The third-order valence-corrected chi connectivity index (χ3v) is 3.43. The van der Waals surface area contributed by atoms with E-state index in [0.717, 1.165) is 22.7 Å². The van der Waals surface area contributed by atoms with Crippen molar-refractivity contribution in [2.24, 2.45) is 0 Å². The average molecular weight is 262 g/mol. The molecule has 0 aliphatic carbocycles. The predicted octanol–water partition coefficient (Wildman–Crippen LogP) is 3.81. The number of hydrogen-bond donors (Lipinski definition) is 1. The summed E-state index contributed by atoms with van der Waals surface area (Å²) in [6.45, 7) is 1.92. The fourth-order valence-corrected chi connectivity index (χ4v) is 2.43. The van der Waals surface area contributed by atoms with Crippen molar-refractivity contribution in [1.82, 2.24) is 5.32 Å². The number of allylic oxidation sites excluding steroid dienone is 3. The minimum atomic E-state index is -0.133. The summed E-state index contributed by atoms with van der Waals surface area (Å²) in [6, 6.07) is 16.1. The van der Waals surface area contributed by atoms with E-state index in [1.54, 1.807) is 6.26 Å². The number of rotatable bonds is 2. The van der Waals surface area contributed by atoms with Crippen LogP contribution in [0.2, 0.25) is 0 Å². The van der Waals surface area contributed by atoms with E-state index in [9.17, 15) is 5.26 Å². The molecule has 0 bridgehead atoms. The van der Waals surface area contributed by atoms with Crippen LogP contribution in [0.4, 0.5) is 0 Å². The maximum absolute atomic E-state index is 9.37. The Morgan fingerprint density at radius 3 is 2.60 bits per heavy atom. The zero-order valence-corrected chi connectivity index (χ0v) is 11.1. The van der Waals surface area contributed by atoms with E-state index >= 15 is 0 Å². The minimum absolute atomic E-state index is 0.133. The highest BCUT2D eigenvalue weighted by Gasteiger charge is 2.24. The molecule has 0 amide bonds. The van der Waals surface area contributed by atoms with Gasteiger partial charge in [0.15, 0.2) is 0 Å². The summed E-state index contributed by atoms with van der Waals surface area (Å²) in [5, 5.41) is 12.7. The van der Waals surface area contributed by atoms with Crippen molar-refractivity contribution in [2.45, 2.75) is 12.8 Å². The Balaban J connectivity index is 2.06. The quantitative estimate of drug-likeness (QED) is 0.895. The molecular weight excluding hydrogens is 248 g/mol. The third kappa shape index (κ3) is 2.12. The van der Waals surface area contributed by atoms with E-state index < -0.39 is 0 Å². The van der Waals surface area contributed by atoms with Gasteiger partial charge in [0.25, 0.3) is 0 Å². The van der Waals surface area contributed by atoms with E-state index in [1.165, 1.54) is 0 Å². The lowest BCUT2D eigenvalue weighted by atomic mass is 9.90. The lowest BCUT2D eigenvalue weighted by Gasteiger charge is -2.23. The van der Waals surface area contributed by atoms with Crippen LogP contribution in [0.3, 0.4) is 0 Å². The summed E-state index contributed by atoms with van der Waals surface area (Å²) >= 11 is 0. The van der Waals surface area contributed by atoms with Crippen molar-refractivity contribution in [2.75, 3.05) is 0 Å². The molecular formula is C17H14N2O. The van der Waals surface area contributed by atoms with E-state index in [1.807, 2.05) is 55.5 Å². The number of hydrogen-bond acceptors (Lipinski definition) is 3. The van der Waals surface area contributed by atoms with Gasteiger partial charge in [0.1, 0.15) is 5.76 Å². The molecule has 3 nitrogen and oxygen atoms in total. The molecule has 0 saturated heterocycles. The molecule has 2 heterocycles. The monoisotopic (exact) mass is 262 g/mol. The van der Waals surface area contributed by atoms with Crippen molar-refractivity contribution in [3.63, 3.8) is 0 Å². The first-order valence-electron chi connectivity index (χ1n) is 6.48. The van der Waals surface area contributed by atoms with Gasteiger partial charge in [0.05, 0.1) is 23.8 Å². The fraction of sp³-hybridized carbons (Fsp3) is 0.118. The van der Waals surface area contributed by atoms with Crippen molar-refractivity contribution in [3.8, 4) is 6.07 Å². The van der Waals surface area contributed by atoms with Crippen LogP contribution in [-0.4, -0.2) is 0 Å². The molecule has 3 rings (SSSR count). The van der Waals surface area contributed by atoms with Gasteiger partial charge in [-0.1, -0.05) is 30.3 Å². The van der Waals surface area contributed by atoms with Crippen LogP contribution in [0.25, 0.3) is 5.70 Å². The Hall–Kier alpha value is -2.73. The molecule has 0 saturated carbocycles. The molecule has 1 aromatic heterocycles. The Morgan fingerprint density at radius 2 is 1.95 bits per heavy atom. The summed E-state index contributed by atoms with van der Waals surface area (Å²) in [7, 11) is 0. The Bertz CT molecular complexity index is 703. The number of nitriles is 1. The van der Waals surface area contributed by atoms with Crippen LogP contribution in [0.15, 0.2) is 70.5 Å². The van der Waals surface area contributed by atoms with E-state index in [0.29, 0.717) is 5.57 Å². The second-order valence-electron chi connectivity index (χ2n) is 4.71. The summed E-state index contributed by atoms with van der Waals surface area (Å²) < 4.78 is 5.48. The van der Waals surface area contributed by atoms with Crippen LogP contribution >= 0.6 is 0 Å². The molecule has 20 heavy (non-hydrogen) atoms. The lowest BCUT2D eigenvalue weighted by molar-refractivity contribution is 0.504. The first-order valence-corrected chi connectivity index (χ1v) is 6.48. The Kier molecular flexibility index (Phi) is 3.14. The highest BCUT2D eigenvalue weighted by Crippen LogP contribution is 2.34. The van der Waals surface area contributed by atoms with Gasteiger partial charge in [-0.05, 0) is 30.7 Å². The summed E-state index contributed by atoms with van der Waals surface area (Å²) in [6.07, 6.45) is 3.68. The maximum Gasteiger partial charge on any atom is 0.115 e. The highest BCUT2D eigenvalue weighted by molar-refractivity contribution is 5.70. The van der Waals surface area contributed by atoms with Gasteiger partial charge in [0.2, 0.25) is 0 Å². The van der Waals surface area contributed by atoms with Crippen LogP contribution in [0.1, 0.15) is 24.2 Å². The van der Waals surface area contributed by atoms with Gasteiger partial charge in [-0.2, -0.15) is 5.26 Å². The third-order valence-electron chi connectivity index (χ3n) is 3.43. The number of nitrogens with zero attached hydrogens (tertiary/aromatic N) is 1. The molecule has 1 N–H and O–H groups in total. The summed E-state index contributed by atoms with van der Waals surface area (Å²) in [4.78, 5) is 0. The molecule has 0 fully saturated rings. The van der Waals surface area contributed by atoms with Crippen LogP contribution in [-0.2, 0) is 0 Å². The first-order chi connectivity index (χ1) is 9.79.